The molecule has 0 saturated carbocycles. The van der Waals surface area contributed by atoms with E-state index in [4.69, 9.17) is 38.4 Å². The number of hydrogen-bond acceptors (Lipinski definition) is 7. The smallest absolute Gasteiger partial charge is 0.407 e. The molecule has 216 valence electrons. The van der Waals surface area contributed by atoms with E-state index in [1.54, 1.807) is 40.4 Å². The third-order valence-electron chi connectivity index (χ3n) is 6.17. The number of aromatic nitrogens is 4. The summed E-state index contributed by atoms with van der Waals surface area (Å²) >= 11 is 12.0. The third-order valence-corrected chi connectivity index (χ3v) is 6.76. The molecule has 0 aliphatic heterocycles. The second-order valence-electron chi connectivity index (χ2n) is 9.03. The Hall–Kier alpha value is -4.29. The number of carbonyl (C=O) groups excluding carboxylic acids is 3. The Labute approximate surface area is 245 Å². The zero-order valence-electron chi connectivity index (χ0n) is 22.7. The fourth-order valence-electron chi connectivity index (χ4n) is 4.24. The SMILES string of the molecule is CCn1nc(C)cc1C(=O)Nc1nc2cc(C(N)=O)cc(OC)c2n1CCCNC(=O)OCc1ccc(Cl)cc1Cl. The van der Waals surface area contributed by atoms with Crippen LogP contribution in [0.25, 0.3) is 11.0 Å². The molecule has 0 spiro atoms. The van der Waals surface area contributed by atoms with Gasteiger partial charge < -0.3 is 25.1 Å². The van der Waals surface area contributed by atoms with Crippen molar-refractivity contribution in [1.82, 2.24) is 24.6 Å². The van der Waals surface area contributed by atoms with E-state index in [2.05, 4.69) is 20.7 Å². The van der Waals surface area contributed by atoms with Gasteiger partial charge in [-0.1, -0.05) is 29.3 Å². The topological polar surface area (TPSA) is 155 Å². The van der Waals surface area contributed by atoms with Gasteiger partial charge in [-0.05, 0) is 50.6 Å². The first-order chi connectivity index (χ1) is 19.6. The zero-order chi connectivity index (χ0) is 29.7. The van der Waals surface area contributed by atoms with Crippen molar-refractivity contribution in [2.75, 3.05) is 19.0 Å². The van der Waals surface area contributed by atoms with Crippen LogP contribution in [0.1, 0.15) is 45.4 Å². The number of alkyl carbamates (subject to hydrolysis) is 1. The molecule has 4 N–H and O–H groups in total. The predicted molar refractivity (Wildman–Crippen MR) is 155 cm³/mol. The molecule has 2 heterocycles. The molecule has 0 bridgehead atoms. The quantitative estimate of drug-likeness (QED) is 0.213. The first kappa shape index (κ1) is 29.7. The second-order valence-corrected chi connectivity index (χ2v) is 9.87. The Balaban J connectivity index is 1.51. The van der Waals surface area contributed by atoms with Crippen LogP contribution >= 0.6 is 23.2 Å². The van der Waals surface area contributed by atoms with Crippen LogP contribution in [-0.4, -0.2) is 50.9 Å². The minimum atomic E-state index is -0.643. The van der Waals surface area contributed by atoms with Crippen LogP contribution < -0.4 is 21.1 Å². The van der Waals surface area contributed by atoms with Gasteiger partial charge in [-0.3, -0.25) is 19.6 Å². The van der Waals surface area contributed by atoms with Gasteiger partial charge in [0.1, 0.15) is 23.6 Å². The second kappa shape index (κ2) is 12.9. The van der Waals surface area contributed by atoms with Gasteiger partial charge >= 0.3 is 6.09 Å². The van der Waals surface area contributed by atoms with Crippen LogP contribution in [0.15, 0.2) is 36.4 Å². The summed E-state index contributed by atoms with van der Waals surface area (Å²) in [6, 6.07) is 9.65. The average Bonchev–Trinajstić information content (AvgIpc) is 3.49. The Morgan fingerprint density at radius 2 is 1.90 bits per heavy atom. The van der Waals surface area contributed by atoms with Gasteiger partial charge in [0.2, 0.25) is 11.9 Å². The van der Waals surface area contributed by atoms with Crippen LogP contribution in [0.3, 0.4) is 0 Å². The molecule has 0 fully saturated rings. The fourth-order valence-corrected chi connectivity index (χ4v) is 4.70. The zero-order valence-corrected chi connectivity index (χ0v) is 24.2. The number of ether oxygens (including phenoxy) is 2. The summed E-state index contributed by atoms with van der Waals surface area (Å²) in [7, 11) is 1.46. The molecule has 0 unspecified atom stereocenters. The molecule has 4 aromatic rings. The molecule has 2 aromatic heterocycles. The van der Waals surface area contributed by atoms with Gasteiger partial charge in [0.25, 0.3) is 5.91 Å². The van der Waals surface area contributed by atoms with E-state index in [1.807, 2.05) is 6.92 Å². The lowest BCUT2D eigenvalue weighted by Gasteiger charge is -2.13. The maximum atomic E-state index is 13.2. The third kappa shape index (κ3) is 6.90. The molecule has 4 rings (SSSR count). The summed E-state index contributed by atoms with van der Waals surface area (Å²) in [5.41, 5.74) is 8.36. The number of methoxy groups -OCH3 is 1. The van der Waals surface area contributed by atoms with Crippen LogP contribution in [0.2, 0.25) is 10.0 Å². The van der Waals surface area contributed by atoms with Crippen LogP contribution in [0.4, 0.5) is 10.7 Å². The molecule has 0 saturated heterocycles. The molecule has 2 aromatic carbocycles. The number of carbonyl (C=O) groups is 3. The van der Waals surface area contributed by atoms with Crippen LogP contribution in [-0.2, 0) is 24.4 Å². The van der Waals surface area contributed by atoms with Crippen molar-refractivity contribution in [2.24, 2.45) is 5.73 Å². The van der Waals surface area contributed by atoms with E-state index >= 15 is 0 Å². The minimum absolute atomic E-state index is 0.0165. The van der Waals surface area contributed by atoms with Crippen molar-refractivity contribution >= 4 is 58.1 Å². The highest BCUT2D eigenvalue weighted by Gasteiger charge is 2.21. The first-order valence-electron chi connectivity index (χ1n) is 12.7. The largest absolute Gasteiger partial charge is 0.494 e. The van der Waals surface area contributed by atoms with Crippen molar-refractivity contribution in [1.29, 1.82) is 0 Å². The van der Waals surface area contributed by atoms with E-state index < -0.39 is 17.9 Å². The van der Waals surface area contributed by atoms with Gasteiger partial charge in [0, 0.05) is 40.8 Å². The Morgan fingerprint density at radius 3 is 2.59 bits per heavy atom. The maximum Gasteiger partial charge on any atom is 0.407 e. The predicted octanol–water partition coefficient (Wildman–Crippen LogP) is 4.54. The summed E-state index contributed by atoms with van der Waals surface area (Å²) in [5.74, 6) is -0.465. The number of hydrogen-bond donors (Lipinski definition) is 3. The number of nitrogens with two attached hydrogens (primary N) is 1. The number of nitrogens with one attached hydrogen (secondary N) is 2. The number of amides is 3. The molecule has 3 amide bonds. The molecule has 0 aliphatic carbocycles. The molecular formula is C27H29Cl2N7O5. The van der Waals surface area contributed by atoms with E-state index in [-0.39, 0.29) is 24.7 Å². The molecular weight excluding hydrogens is 573 g/mol. The molecule has 14 heteroatoms. The molecule has 0 aliphatic rings. The van der Waals surface area contributed by atoms with E-state index in [0.717, 1.165) is 0 Å². The van der Waals surface area contributed by atoms with Gasteiger partial charge in [-0.25, -0.2) is 9.78 Å². The lowest BCUT2D eigenvalue weighted by atomic mass is 10.1. The molecule has 41 heavy (non-hydrogen) atoms. The number of halogens is 2. The van der Waals surface area contributed by atoms with Gasteiger partial charge in [0.05, 0.1) is 18.3 Å². The Morgan fingerprint density at radius 1 is 1.12 bits per heavy atom. The number of benzene rings is 2. The summed E-state index contributed by atoms with van der Waals surface area (Å²) in [5, 5.41) is 10.8. The monoisotopic (exact) mass is 601 g/mol. The lowest BCUT2D eigenvalue weighted by molar-refractivity contribution is 0.0995. The summed E-state index contributed by atoms with van der Waals surface area (Å²) in [6.45, 7) is 4.76. The summed E-state index contributed by atoms with van der Waals surface area (Å²) < 4.78 is 14.1. The van der Waals surface area contributed by atoms with Crippen molar-refractivity contribution in [2.45, 2.75) is 40.0 Å². The van der Waals surface area contributed by atoms with Crippen LogP contribution in [0.5, 0.6) is 5.75 Å². The Bertz CT molecular complexity index is 1620. The van der Waals surface area contributed by atoms with Crippen molar-refractivity contribution < 1.29 is 23.9 Å². The highest BCUT2D eigenvalue weighted by molar-refractivity contribution is 6.35. The van der Waals surface area contributed by atoms with Gasteiger partial charge in [0.15, 0.2) is 0 Å². The van der Waals surface area contributed by atoms with Crippen molar-refractivity contribution in [3.8, 4) is 5.75 Å². The number of fused-ring (bicyclic) bond motifs is 1. The lowest BCUT2D eigenvalue weighted by Crippen LogP contribution is -2.26. The van der Waals surface area contributed by atoms with E-state index in [0.29, 0.717) is 63.3 Å². The minimum Gasteiger partial charge on any atom is -0.494 e. The first-order valence-corrected chi connectivity index (χ1v) is 13.4. The number of nitrogens with zero attached hydrogens (tertiary/aromatic N) is 4. The molecule has 0 atom stereocenters. The van der Waals surface area contributed by atoms with Crippen molar-refractivity contribution in [3.63, 3.8) is 0 Å². The number of imidazole rings is 1. The number of rotatable bonds is 11. The summed E-state index contributed by atoms with van der Waals surface area (Å²) in [6.07, 6.45) is -0.176. The number of primary amides is 1. The fraction of sp³-hybridized carbons (Fsp3) is 0.296. The maximum absolute atomic E-state index is 13.2. The number of anilines is 1. The highest BCUT2D eigenvalue weighted by atomic mass is 35.5. The van der Waals surface area contributed by atoms with Gasteiger partial charge in [-0.15, -0.1) is 0 Å². The van der Waals surface area contributed by atoms with E-state index in [1.165, 1.54) is 19.2 Å². The van der Waals surface area contributed by atoms with Crippen LogP contribution in [0, 0.1) is 6.92 Å². The summed E-state index contributed by atoms with van der Waals surface area (Å²) in [4.78, 5) is 41.9. The Kier molecular flexibility index (Phi) is 9.35. The highest BCUT2D eigenvalue weighted by Crippen LogP contribution is 2.31. The molecule has 12 nitrogen and oxygen atoms in total. The average molecular weight is 602 g/mol. The van der Waals surface area contributed by atoms with E-state index in [9.17, 15) is 14.4 Å². The van der Waals surface area contributed by atoms with Crippen molar-refractivity contribution in [3.05, 3.63) is 69.0 Å². The molecule has 0 radical (unpaired) electrons. The normalized spacial score (nSPS) is 11.0. The van der Waals surface area contributed by atoms with Gasteiger partial charge in [-0.2, -0.15) is 5.10 Å². The standard InChI is InChI=1S/C27H29Cl2N7O5/c1-4-36-21(10-15(2)34-36)25(38)33-26-32-20-11-17(24(30)37)12-22(40-3)23(20)35(26)9-5-8-31-27(39)41-14-16-6-7-18(28)13-19(16)29/h6-7,10-13H,4-5,8-9,14H2,1-3H3,(H2,30,37)(H,31,39)(H,32,33,38). The number of aryl methyl sites for hydroxylation is 3.